The maximum absolute atomic E-state index is 13.0. The Morgan fingerprint density at radius 1 is 1.35 bits per heavy atom. The minimum absolute atomic E-state index is 0.189. The molecule has 1 saturated heterocycles. The van der Waals surface area contributed by atoms with E-state index in [1.807, 2.05) is 4.90 Å². The predicted octanol–water partition coefficient (Wildman–Crippen LogP) is 3.34. The summed E-state index contributed by atoms with van der Waals surface area (Å²) in [6.45, 7) is 3.33. The molecule has 5 nitrogen and oxygen atoms in total. The molecule has 1 atom stereocenters. The average molecular weight is 331 g/mol. The smallest absolute Gasteiger partial charge is 0.255 e. The lowest BCUT2D eigenvalue weighted by atomic mass is 9.93. The zero-order valence-corrected chi connectivity index (χ0v) is 14.2. The number of fused-ring (bicyclic) bond motifs is 1. The molecule has 0 bridgehead atoms. The van der Waals surface area contributed by atoms with Gasteiger partial charge < -0.3 is 9.42 Å². The van der Waals surface area contributed by atoms with E-state index in [1.54, 1.807) is 18.3 Å². The second kappa shape index (κ2) is 6.07. The number of nitrogens with zero attached hydrogens (tertiary/aromatic N) is 3. The molecule has 6 heteroatoms. The van der Waals surface area contributed by atoms with E-state index in [1.165, 1.54) is 23.3 Å². The Labute approximate surface area is 139 Å². The van der Waals surface area contributed by atoms with Crippen LogP contribution in [0.25, 0.3) is 0 Å². The summed E-state index contributed by atoms with van der Waals surface area (Å²) >= 11 is 1.76. The number of aryl methyl sites for hydroxylation is 2. The molecule has 3 heterocycles. The Balaban J connectivity index is 1.53. The normalized spacial score (nSPS) is 21.3. The lowest BCUT2D eigenvalue weighted by Gasteiger charge is -2.31. The molecule has 2 aromatic heterocycles. The standard InChI is InChI=1S/C17H21N3O2S/c1-11-18-16(19-22-11)12-5-4-8-20(9-12)17(21)14-10-23-15-7-3-2-6-13(14)15/h10,12H,2-9H2,1H3/t12-/m1/s1. The summed E-state index contributed by atoms with van der Waals surface area (Å²) in [6, 6.07) is 0. The van der Waals surface area contributed by atoms with Crippen molar-refractivity contribution in [2.24, 2.45) is 0 Å². The molecule has 23 heavy (non-hydrogen) atoms. The van der Waals surface area contributed by atoms with Gasteiger partial charge in [-0.25, -0.2) is 0 Å². The first-order valence-corrected chi connectivity index (χ1v) is 9.29. The highest BCUT2D eigenvalue weighted by molar-refractivity contribution is 7.10. The van der Waals surface area contributed by atoms with Crippen molar-refractivity contribution in [2.75, 3.05) is 13.1 Å². The molecule has 0 saturated carbocycles. The summed E-state index contributed by atoms with van der Waals surface area (Å²) in [6.07, 6.45) is 6.67. The van der Waals surface area contributed by atoms with Crippen LogP contribution in [-0.4, -0.2) is 34.0 Å². The predicted molar refractivity (Wildman–Crippen MR) is 87.9 cm³/mol. The number of thiophene rings is 1. The maximum atomic E-state index is 13.0. The maximum Gasteiger partial charge on any atom is 0.255 e. The fourth-order valence-electron chi connectivity index (χ4n) is 3.70. The number of likely N-dealkylation sites (tertiary alicyclic amines) is 1. The Morgan fingerprint density at radius 2 is 2.22 bits per heavy atom. The van der Waals surface area contributed by atoms with Crippen LogP contribution in [0.5, 0.6) is 0 Å². The van der Waals surface area contributed by atoms with Crippen molar-refractivity contribution in [1.82, 2.24) is 15.0 Å². The van der Waals surface area contributed by atoms with Crippen LogP contribution >= 0.6 is 11.3 Å². The molecule has 0 N–H and O–H groups in total. The van der Waals surface area contributed by atoms with E-state index in [-0.39, 0.29) is 11.8 Å². The van der Waals surface area contributed by atoms with Crippen molar-refractivity contribution in [3.8, 4) is 0 Å². The van der Waals surface area contributed by atoms with Crippen molar-refractivity contribution in [2.45, 2.75) is 51.4 Å². The molecular formula is C17H21N3O2S. The number of hydrogen-bond donors (Lipinski definition) is 0. The molecule has 1 fully saturated rings. The molecule has 0 spiro atoms. The highest BCUT2D eigenvalue weighted by atomic mass is 32.1. The molecule has 0 unspecified atom stereocenters. The molecule has 1 aliphatic carbocycles. The van der Waals surface area contributed by atoms with Crippen molar-refractivity contribution < 1.29 is 9.32 Å². The van der Waals surface area contributed by atoms with E-state index in [0.717, 1.165) is 43.6 Å². The number of amides is 1. The summed E-state index contributed by atoms with van der Waals surface area (Å²) in [7, 11) is 0. The van der Waals surface area contributed by atoms with Gasteiger partial charge in [-0.05, 0) is 44.1 Å². The van der Waals surface area contributed by atoms with E-state index >= 15 is 0 Å². The van der Waals surface area contributed by atoms with E-state index in [2.05, 4.69) is 15.5 Å². The largest absolute Gasteiger partial charge is 0.340 e. The quantitative estimate of drug-likeness (QED) is 0.847. The molecule has 0 radical (unpaired) electrons. The second-order valence-corrected chi connectivity index (χ2v) is 7.48. The van der Waals surface area contributed by atoms with Gasteiger partial charge in [0, 0.05) is 36.2 Å². The van der Waals surface area contributed by atoms with Gasteiger partial charge in [0.1, 0.15) is 0 Å². The Hall–Kier alpha value is -1.69. The van der Waals surface area contributed by atoms with Crippen LogP contribution in [0.3, 0.4) is 0 Å². The number of carbonyl (C=O) groups excluding carboxylic acids is 1. The Bertz CT molecular complexity index is 721. The third-order valence-electron chi connectivity index (χ3n) is 4.91. The van der Waals surface area contributed by atoms with Gasteiger partial charge in [-0.2, -0.15) is 4.98 Å². The van der Waals surface area contributed by atoms with Crippen LogP contribution in [-0.2, 0) is 12.8 Å². The number of piperidine rings is 1. The summed E-state index contributed by atoms with van der Waals surface area (Å²) < 4.78 is 5.10. The third kappa shape index (κ3) is 2.80. The summed E-state index contributed by atoms with van der Waals surface area (Å²) in [5, 5.41) is 6.11. The fraction of sp³-hybridized carbons (Fsp3) is 0.588. The summed E-state index contributed by atoms with van der Waals surface area (Å²) in [5.74, 6) is 1.72. The topological polar surface area (TPSA) is 59.2 Å². The molecule has 1 amide bonds. The average Bonchev–Trinajstić information content (AvgIpc) is 3.20. The molecule has 0 aromatic carbocycles. The van der Waals surface area contributed by atoms with Gasteiger partial charge in [0.2, 0.25) is 5.89 Å². The lowest BCUT2D eigenvalue weighted by molar-refractivity contribution is 0.0703. The van der Waals surface area contributed by atoms with E-state index in [9.17, 15) is 4.79 Å². The van der Waals surface area contributed by atoms with E-state index in [4.69, 9.17) is 4.52 Å². The van der Waals surface area contributed by atoms with Crippen molar-refractivity contribution >= 4 is 17.2 Å². The Kier molecular flexibility index (Phi) is 3.93. The first-order valence-electron chi connectivity index (χ1n) is 8.41. The molecule has 122 valence electrons. The van der Waals surface area contributed by atoms with Crippen LogP contribution in [0.15, 0.2) is 9.90 Å². The van der Waals surface area contributed by atoms with Crippen LogP contribution in [0.4, 0.5) is 0 Å². The monoisotopic (exact) mass is 331 g/mol. The SMILES string of the molecule is Cc1nc([C@@H]2CCCN(C(=O)c3csc4c3CCCC4)C2)no1. The van der Waals surface area contributed by atoms with E-state index in [0.29, 0.717) is 12.4 Å². The van der Waals surface area contributed by atoms with Gasteiger partial charge >= 0.3 is 0 Å². The molecule has 2 aliphatic rings. The molecular weight excluding hydrogens is 310 g/mol. The van der Waals surface area contributed by atoms with Gasteiger partial charge in [-0.3, -0.25) is 4.79 Å². The Morgan fingerprint density at radius 3 is 3.04 bits per heavy atom. The zero-order valence-electron chi connectivity index (χ0n) is 13.4. The first-order chi connectivity index (χ1) is 11.2. The molecule has 4 rings (SSSR count). The zero-order chi connectivity index (χ0) is 15.8. The number of hydrogen-bond acceptors (Lipinski definition) is 5. The first kappa shape index (κ1) is 14.9. The number of aromatic nitrogens is 2. The highest BCUT2D eigenvalue weighted by Gasteiger charge is 2.30. The van der Waals surface area contributed by atoms with Gasteiger partial charge in [-0.1, -0.05) is 5.16 Å². The molecule has 2 aromatic rings. The number of rotatable bonds is 2. The van der Waals surface area contributed by atoms with Crippen molar-refractivity contribution in [3.63, 3.8) is 0 Å². The summed E-state index contributed by atoms with van der Waals surface area (Å²) in [4.78, 5) is 20.7. The number of carbonyl (C=O) groups is 1. The van der Waals surface area contributed by atoms with Crippen molar-refractivity contribution in [1.29, 1.82) is 0 Å². The van der Waals surface area contributed by atoms with Gasteiger partial charge in [0.25, 0.3) is 5.91 Å². The second-order valence-electron chi connectivity index (χ2n) is 6.52. The van der Waals surface area contributed by atoms with E-state index < -0.39 is 0 Å². The van der Waals surface area contributed by atoms with Crippen LogP contribution in [0, 0.1) is 6.92 Å². The van der Waals surface area contributed by atoms with Gasteiger partial charge in [-0.15, -0.1) is 11.3 Å². The summed E-state index contributed by atoms with van der Waals surface area (Å²) in [5.41, 5.74) is 2.25. The highest BCUT2D eigenvalue weighted by Crippen LogP contribution is 2.32. The minimum atomic E-state index is 0.189. The minimum Gasteiger partial charge on any atom is -0.340 e. The third-order valence-corrected chi connectivity index (χ3v) is 6.00. The van der Waals surface area contributed by atoms with Gasteiger partial charge in [0.15, 0.2) is 5.82 Å². The van der Waals surface area contributed by atoms with Crippen LogP contribution in [0.2, 0.25) is 0 Å². The molecule has 1 aliphatic heterocycles. The van der Waals surface area contributed by atoms with Crippen LogP contribution < -0.4 is 0 Å². The van der Waals surface area contributed by atoms with Gasteiger partial charge in [0.05, 0.1) is 5.56 Å². The fourth-order valence-corrected chi connectivity index (χ4v) is 4.82. The van der Waals surface area contributed by atoms with Crippen molar-refractivity contribution in [3.05, 3.63) is 33.1 Å². The van der Waals surface area contributed by atoms with Crippen LogP contribution in [0.1, 0.15) is 64.1 Å². The lowest BCUT2D eigenvalue weighted by Crippen LogP contribution is -2.39.